The molecule has 1 rings (SSSR count). The molecule has 0 aliphatic carbocycles. The van der Waals surface area contributed by atoms with Crippen LogP contribution in [-0.4, -0.2) is 11.5 Å². The maximum Gasteiger partial charge on any atom is 0.0315 e. The first-order valence-corrected chi connectivity index (χ1v) is 7.48. The number of nitrogens with one attached hydrogen (secondary N) is 1. The SMILES string of the molecule is CCCCCCCCCN[C@H](C)c1cccnc1. The van der Waals surface area contributed by atoms with Crippen molar-refractivity contribution in [2.45, 2.75) is 64.8 Å². The highest BCUT2D eigenvalue weighted by Crippen LogP contribution is 2.10. The van der Waals surface area contributed by atoms with E-state index in [1.165, 1.54) is 50.5 Å². The predicted molar refractivity (Wildman–Crippen MR) is 78.6 cm³/mol. The third-order valence-electron chi connectivity index (χ3n) is 3.42. The van der Waals surface area contributed by atoms with Gasteiger partial charge < -0.3 is 5.32 Å². The molecule has 0 amide bonds. The Morgan fingerprint density at radius 1 is 1.11 bits per heavy atom. The maximum atomic E-state index is 4.15. The molecule has 102 valence electrons. The van der Waals surface area contributed by atoms with Gasteiger partial charge >= 0.3 is 0 Å². The highest BCUT2D eigenvalue weighted by atomic mass is 14.9. The third-order valence-corrected chi connectivity index (χ3v) is 3.42. The minimum Gasteiger partial charge on any atom is -0.310 e. The van der Waals surface area contributed by atoms with Crippen molar-refractivity contribution in [2.75, 3.05) is 6.54 Å². The zero-order valence-corrected chi connectivity index (χ0v) is 12.0. The summed E-state index contributed by atoms with van der Waals surface area (Å²) in [6, 6.07) is 4.55. The molecule has 0 unspecified atom stereocenters. The molecule has 0 spiro atoms. The van der Waals surface area contributed by atoms with E-state index in [-0.39, 0.29) is 0 Å². The summed E-state index contributed by atoms with van der Waals surface area (Å²) in [6.07, 6.45) is 13.4. The molecular formula is C16H28N2. The van der Waals surface area contributed by atoms with Crippen LogP contribution in [0.25, 0.3) is 0 Å². The summed E-state index contributed by atoms with van der Waals surface area (Å²) < 4.78 is 0. The fourth-order valence-electron chi connectivity index (χ4n) is 2.15. The largest absolute Gasteiger partial charge is 0.310 e. The van der Waals surface area contributed by atoms with Crippen LogP contribution in [0.2, 0.25) is 0 Å². The van der Waals surface area contributed by atoms with Gasteiger partial charge in [0.25, 0.3) is 0 Å². The van der Waals surface area contributed by atoms with E-state index in [1.54, 1.807) is 0 Å². The number of rotatable bonds is 10. The maximum absolute atomic E-state index is 4.15. The summed E-state index contributed by atoms with van der Waals surface area (Å²) >= 11 is 0. The van der Waals surface area contributed by atoms with Crippen molar-refractivity contribution >= 4 is 0 Å². The summed E-state index contributed by atoms with van der Waals surface area (Å²) in [5.74, 6) is 0. The molecular weight excluding hydrogens is 220 g/mol. The fraction of sp³-hybridized carbons (Fsp3) is 0.688. The highest BCUT2D eigenvalue weighted by molar-refractivity contribution is 5.12. The Bertz CT molecular complexity index is 284. The molecule has 0 aliphatic rings. The van der Waals surface area contributed by atoms with Crippen molar-refractivity contribution in [2.24, 2.45) is 0 Å². The molecule has 0 radical (unpaired) electrons. The molecule has 0 aromatic carbocycles. The van der Waals surface area contributed by atoms with Crippen LogP contribution >= 0.6 is 0 Å². The predicted octanol–water partition coefficient (Wildman–Crippen LogP) is 4.48. The second-order valence-electron chi connectivity index (χ2n) is 5.08. The lowest BCUT2D eigenvalue weighted by molar-refractivity contribution is 0.523. The number of nitrogens with zero attached hydrogens (tertiary/aromatic N) is 1. The third kappa shape index (κ3) is 6.75. The van der Waals surface area contributed by atoms with Crippen LogP contribution in [0.3, 0.4) is 0 Å². The number of pyridine rings is 1. The number of hydrogen-bond donors (Lipinski definition) is 1. The topological polar surface area (TPSA) is 24.9 Å². The summed E-state index contributed by atoms with van der Waals surface area (Å²) in [7, 11) is 0. The summed E-state index contributed by atoms with van der Waals surface area (Å²) in [5.41, 5.74) is 1.28. The van der Waals surface area contributed by atoms with E-state index < -0.39 is 0 Å². The number of aromatic nitrogens is 1. The second kappa shape index (κ2) is 10.1. The Labute approximate surface area is 112 Å². The van der Waals surface area contributed by atoms with Crippen LogP contribution < -0.4 is 5.32 Å². The van der Waals surface area contributed by atoms with E-state index >= 15 is 0 Å². The van der Waals surface area contributed by atoms with E-state index in [1.807, 2.05) is 18.5 Å². The number of unbranched alkanes of at least 4 members (excludes halogenated alkanes) is 6. The Balaban J connectivity index is 1.98. The summed E-state index contributed by atoms with van der Waals surface area (Å²) in [6.45, 7) is 5.59. The second-order valence-corrected chi connectivity index (χ2v) is 5.08. The van der Waals surface area contributed by atoms with Crippen LogP contribution in [0.4, 0.5) is 0 Å². The normalized spacial score (nSPS) is 12.6. The lowest BCUT2D eigenvalue weighted by Gasteiger charge is -2.13. The first kappa shape index (κ1) is 15.2. The fourth-order valence-corrected chi connectivity index (χ4v) is 2.15. The Hall–Kier alpha value is -0.890. The molecule has 1 atom stereocenters. The minimum absolute atomic E-state index is 0.416. The van der Waals surface area contributed by atoms with Gasteiger partial charge in [-0.15, -0.1) is 0 Å². The molecule has 2 heteroatoms. The van der Waals surface area contributed by atoms with Gasteiger partial charge in [0.15, 0.2) is 0 Å². The van der Waals surface area contributed by atoms with Crippen LogP contribution in [0.5, 0.6) is 0 Å². The van der Waals surface area contributed by atoms with Crippen molar-refractivity contribution in [3.05, 3.63) is 30.1 Å². The van der Waals surface area contributed by atoms with E-state index in [4.69, 9.17) is 0 Å². The van der Waals surface area contributed by atoms with Crippen molar-refractivity contribution in [3.63, 3.8) is 0 Å². The molecule has 0 saturated heterocycles. The lowest BCUT2D eigenvalue weighted by Crippen LogP contribution is -2.19. The van der Waals surface area contributed by atoms with E-state index in [0.717, 1.165) is 6.54 Å². The highest BCUT2D eigenvalue weighted by Gasteiger charge is 2.02. The Morgan fingerprint density at radius 3 is 2.50 bits per heavy atom. The first-order valence-electron chi connectivity index (χ1n) is 7.48. The van der Waals surface area contributed by atoms with Gasteiger partial charge in [0.05, 0.1) is 0 Å². The standard InChI is InChI=1S/C16H28N2/c1-3-4-5-6-7-8-9-13-18-15(2)16-11-10-12-17-14-16/h10-12,14-15,18H,3-9,13H2,1-2H3/t15-/m1/s1. The smallest absolute Gasteiger partial charge is 0.0315 e. The molecule has 1 heterocycles. The van der Waals surface area contributed by atoms with Crippen LogP contribution in [0, 0.1) is 0 Å². The van der Waals surface area contributed by atoms with E-state index in [2.05, 4.69) is 30.2 Å². The average molecular weight is 248 g/mol. The number of hydrogen-bond acceptors (Lipinski definition) is 2. The van der Waals surface area contributed by atoms with Gasteiger partial charge in [0.1, 0.15) is 0 Å². The molecule has 0 saturated carbocycles. The van der Waals surface area contributed by atoms with Crippen LogP contribution in [0.1, 0.15) is 70.4 Å². The van der Waals surface area contributed by atoms with Gasteiger partial charge in [0, 0.05) is 18.4 Å². The summed E-state index contributed by atoms with van der Waals surface area (Å²) in [4.78, 5) is 4.15. The van der Waals surface area contributed by atoms with E-state index in [9.17, 15) is 0 Å². The van der Waals surface area contributed by atoms with Crippen LogP contribution in [-0.2, 0) is 0 Å². The molecule has 1 aromatic heterocycles. The Kier molecular flexibility index (Phi) is 8.49. The van der Waals surface area contributed by atoms with Gasteiger partial charge in [-0.2, -0.15) is 0 Å². The molecule has 1 aromatic rings. The molecule has 0 fully saturated rings. The van der Waals surface area contributed by atoms with Gasteiger partial charge in [-0.25, -0.2) is 0 Å². The molecule has 18 heavy (non-hydrogen) atoms. The Morgan fingerprint density at radius 2 is 1.83 bits per heavy atom. The van der Waals surface area contributed by atoms with Crippen LogP contribution in [0.15, 0.2) is 24.5 Å². The van der Waals surface area contributed by atoms with Crippen molar-refractivity contribution in [1.29, 1.82) is 0 Å². The van der Waals surface area contributed by atoms with E-state index in [0.29, 0.717) is 6.04 Å². The molecule has 0 bridgehead atoms. The zero-order valence-electron chi connectivity index (χ0n) is 12.0. The van der Waals surface area contributed by atoms with Gasteiger partial charge in [-0.1, -0.05) is 51.5 Å². The van der Waals surface area contributed by atoms with Gasteiger partial charge in [0.2, 0.25) is 0 Å². The van der Waals surface area contributed by atoms with Crippen molar-refractivity contribution in [1.82, 2.24) is 10.3 Å². The lowest BCUT2D eigenvalue weighted by atomic mass is 10.1. The average Bonchev–Trinajstić information content (AvgIpc) is 2.42. The zero-order chi connectivity index (χ0) is 13.1. The molecule has 0 aliphatic heterocycles. The van der Waals surface area contributed by atoms with Gasteiger partial charge in [-0.05, 0) is 31.5 Å². The first-order chi connectivity index (χ1) is 8.84. The molecule has 2 nitrogen and oxygen atoms in total. The van der Waals surface area contributed by atoms with Crippen molar-refractivity contribution in [3.8, 4) is 0 Å². The van der Waals surface area contributed by atoms with Crippen molar-refractivity contribution < 1.29 is 0 Å². The minimum atomic E-state index is 0.416. The van der Waals surface area contributed by atoms with Gasteiger partial charge in [-0.3, -0.25) is 4.98 Å². The molecule has 1 N–H and O–H groups in total. The quantitative estimate of drug-likeness (QED) is 0.617. The summed E-state index contributed by atoms with van der Waals surface area (Å²) in [5, 5.41) is 3.56. The monoisotopic (exact) mass is 248 g/mol.